The summed E-state index contributed by atoms with van der Waals surface area (Å²) in [6.45, 7) is 13.1. The van der Waals surface area contributed by atoms with E-state index in [4.69, 9.17) is 5.10 Å². The summed E-state index contributed by atoms with van der Waals surface area (Å²) in [5.74, 6) is -0.331. The average molecular weight is 575 g/mol. The first kappa shape index (κ1) is 32.9. The van der Waals surface area contributed by atoms with Crippen LogP contribution in [0.4, 0.5) is 0 Å². The molecule has 2 saturated heterocycles. The Morgan fingerprint density at radius 1 is 1.08 bits per heavy atom. The Kier molecular flexibility index (Phi) is 12.0. The maximum atomic E-state index is 13.5. The molecule has 2 atom stereocenters. The number of carbonyl (C=O) groups is 2. The number of nitrogens with one attached hydrogen (secondary N) is 1. The maximum absolute atomic E-state index is 13.5. The monoisotopic (exact) mass is 573 g/mol. The summed E-state index contributed by atoms with van der Waals surface area (Å²) < 4.78 is 2.27. The molecule has 8 nitrogen and oxygen atoms in total. The van der Waals surface area contributed by atoms with Crippen LogP contribution in [0.15, 0.2) is 0 Å². The van der Waals surface area contributed by atoms with Crippen LogP contribution in [-0.4, -0.2) is 73.8 Å². The fourth-order valence-corrected chi connectivity index (χ4v) is 6.50. The highest BCUT2D eigenvalue weighted by atomic mass is 35.5. The number of hydrogen-bond acceptors (Lipinski definition) is 5. The number of unbranched alkanes of at least 4 members (excludes halogenated alkanes) is 1. The van der Waals surface area contributed by atoms with Crippen molar-refractivity contribution in [1.82, 2.24) is 24.9 Å². The second-order valence-electron chi connectivity index (χ2n) is 11.7. The predicted octanol–water partition coefficient (Wildman–Crippen LogP) is 4.33. The first-order valence-corrected chi connectivity index (χ1v) is 14.3. The summed E-state index contributed by atoms with van der Waals surface area (Å²) in [6.07, 6.45) is 8.51. The van der Waals surface area contributed by atoms with Crippen LogP contribution >= 0.6 is 24.8 Å². The summed E-state index contributed by atoms with van der Waals surface area (Å²) in [6, 6.07) is -0.331. The van der Waals surface area contributed by atoms with Crippen molar-refractivity contribution in [3.63, 3.8) is 0 Å². The van der Waals surface area contributed by atoms with Crippen molar-refractivity contribution in [2.75, 3.05) is 19.6 Å². The number of carbonyl (C=O) groups excluding carboxylic acids is 2. The molecule has 4 rings (SSSR count). The minimum absolute atomic E-state index is 0. The minimum atomic E-state index is -0.880. The standard InChI is InChI=1S/C28H47N5O3.2ClH/c1-6-7-15-32-26(35)24(25(34)19(2)3)29-27(36)28(32)13-16-31(17-14-28)18-23-20(4)30-33(21(23)5)22-11-9-8-10-12-22;;/h19,22,24-25,34H,6-18H2,1-5H3,(H,29,36);2*1H/t24-,25-;;/m1../s1. The molecule has 10 heteroatoms. The van der Waals surface area contributed by atoms with Crippen LogP contribution in [0.1, 0.15) is 102 Å². The molecule has 0 radical (unpaired) electrons. The predicted molar refractivity (Wildman–Crippen MR) is 155 cm³/mol. The van der Waals surface area contributed by atoms with Crippen molar-refractivity contribution in [3.8, 4) is 0 Å². The molecule has 1 saturated carbocycles. The summed E-state index contributed by atoms with van der Waals surface area (Å²) in [5, 5.41) is 18.5. The van der Waals surface area contributed by atoms with Crippen molar-refractivity contribution >= 4 is 36.6 Å². The van der Waals surface area contributed by atoms with Gasteiger partial charge in [-0.3, -0.25) is 19.2 Å². The molecular weight excluding hydrogens is 525 g/mol. The van der Waals surface area contributed by atoms with E-state index in [2.05, 4.69) is 35.7 Å². The number of aromatic nitrogens is 2. The molecule has 0 unspecified atom stereocenters. The summed E-state index contributed by atoms with van der Waals surface area (Å²) in [4.78, 5) is 31.3. The van der Waals surface area contributed by atoms with Gasteiger partial charge in [-0.1, -0.05) is 46.5 Å². The average Bonchev–Trinajstić information content (AvgIpc) is 3.15. The number of piperazine rings is 1. The number of amides is 2. The highest BCUT2D eigenvalue weighted by Gasteiger charge is 2.54. The first-order chi connectivity index (χ1) is 17.2. The van der Waals surface area contributed by atoms with Gasteiger partial charge in [0, 0.05) is 37.4 Å². The number of aliphatic hydroxyl groups is 1. The van der Waals surface area contributed by atoms with Crippen LogP contribution in [0.2, 0.25) is 0 Å². The molecule has 0 bridgehead atoms. The van der Waals surface area contributed by atoms with Crippen LogP contribution in [0.25, 0.3) is 0 Å². The van der Waals surface area contributed by atoms with Gasteiger partial charge in [0.2, 0.25) is 11.8 Å². The van der Waals surface area contributed by atoms with E-state index in [-0.39, 0.29) is 42.5 Å². The van der Waals surface area contributed by atoms with E-state index in [1.807, 2.05) is 18.7 Å². The molecule has 1 aliphatic carbocycles. The number of piperidine rings is 1. The fraction of sp³-hybridized carbons (Fsp3) is 0.821. The summed E-state index contributed by atoms with van der Waals surface area (Å²) in [5.41, 5.74) is 2.88. The number of aryl methyl sites for hydroxylation is 1. The molecule has 1 aromatic heterocycles. The Morgan fingerprint density at radius 3 is 2.29 bits per heavy atom. The van der Waals surface area contributed by atoms with Gasteiger partial charge in [-0.25, -0.2) is 0 Å². The molecular formula is C28H49Cl2N5O3. The Bertz CT molecular complexity index is 939. The van der Waals surface area contributed by atoms with Gasteiger partial charge in [-0.05, 0) is 51.9 Å². The second kappa shape index (κ2) is 13.8. The molecule has 1 aromatic rings. The lowest BCUT2D eigenvalue weighted by atomic mass is 9.80. The summed E-state index contributed by atoms with van der Waals surface area (Å²) in [7, 11) is 0. The van der Waals surface area contributed by atoms with Gasteiger partial charge in [0.15, 0.2) is 0 Å². The number of nitrogens with zero attached hydrogens (tertiary/aromatic N) is 4. The molecule has 3 heterocycles. The van der Waals surface area contributed by atoms with Gasteiger partial charge in [0.1, 0.15) is 11.6 Å². The van der Waals surface area contributed by atoms with Gasteiger partial charge in [-0.2, -0.15) is 5.10 Å². The van der Waals surface area contributed by atoms with Crippen molar-refractivity contribution < 1.29 is 14.7 Å². The quantitative estimate of drug-likeness (QED) is 0.483. The fourth-order valence-electron chi connectivity index (χ4n) is 6.50. The van der Waals surface area contributed by atoms with E-state index in [0.717, 1.165) is 38.2 Å². The number of hydrogen-bond donors (Lipinski definition) is 2. The normalized spacial score (nSPS) is 23.2. The third-order valence-electron chi connectivity index (χ3n) is 8.98. The van der Waals surface area contributed by atoms with E-state index in [9.17, 15) is 14.7 Å². The third kappa shape index (κ3) is 6.34. The van der Waals surface area contributed by atoms with Gasteiger partial charge in [0.25, 0.3) is 0 Å². The highest BCUT2D eigenvalue weighted by molar-refractivity contribution is 6.00. The number of halogens is 2. The van der Waals surface area contributed by atoms with Gasteiger partial charge < -0.3 is 15.3 Å². The second-order valence-corrected chi connectivity index (χ2v) is 11.7. The lowest BCUT2D eigenvalue weighted by molar-refractivity contribution is -0.165. The van der Waals surface area contributed by atoms with Crippen LogP contribution < -0.4 is 5.32 Å². The molecule has 38 heavy (non-hydrogen) atoms. The SMILES string of the molecule is CCCCN1C(=O)[C@@H]([C@H](O)C(C)C)NC(=O)C12CCN(Cc1c(C)nn(C3CCCCC3)c1C)CC2.Cl.Cl. The Labute approximate surface area is 241 Å². The molecule has 2 amide bonds. The molecule has 3 fully saturated rings. The minimum Gasteiger partial charge on any atom is -0.390 e. The zero-order valence-electron chi connectivity index (χ0n) is 23.9. The largest absolute Gasteiger partial charge is 0.390 e. The van der Waals surface area contributed by atoms with Crippen LogP contribution in [0, 0.1) is 19.8 Å². The highest BCUT2D eigenvalue weighted by Crippen LogP contribution is 2.36. The zero-order chi connectivity index (χ0) is 26.0. The number of aliphatic hydroxyl groups excluding tert-OH is 1. The zero-order valence-corrected chi connectivity index (χ0v) is 25.5. The lowest BCUT2D eigenvalue weighted by Gasteiger charge is -2.52. The first-order valence-electron chi connectivity index (χ1n) is 14.3. The van der Waals surface area contributed by atoms with Crippen LogP contribution in [0.3, 0.4) is 0 Å². The topological polar surface area (TPSA) is 90.7 Å². The third-order valence-corrected chi connectivity index (χ3v) is 8.98. The van der Waals surface area contributed by atoms with E-state index in [1.54, 1.807) is 0 Å². The smallest absolute Gasteiger partial charge is 0.248 e. The van der Waals surface area contributed by atoms with Crippen molar-refractivity contribution in [2.24, 2.45) is 5.92 Å². The van der Waals surface area contributed by atoms with E-state index >= 15 is 0 Å². The van der Waals surface area contributed by atoms with Crippen molar-refractivity contribution in [2.45, 2.75) is 123 Å². The molecule has 1 spiro atoms. The number of rotatable bonds is 8. The molecule has 2 N–H and O–H groups in total. The van der Waals surface area contributed by atoms with Crippen molar-refractivity contribution in [3.05, 3.63) is 17.0 Å². The summed E-state index contributed by atoms with van der Waals surface area (Å²) >= 11 is 0. The Hall–Kier alpha value is -1.35. The van der Waals surface area contributed by atoms with Gasteiger partial charge >= 0.3 is 0 Å². The van der Waals surface area contributed by atoms with Gasteiger partial charge in [0.05, 0.1) is 17.8 Å². The van der Waals surface area contributed by atoms with Crippen LogP contribution in [0.5, 0.6) is 0 Å². The van der Waals surface area contributed by atoms with E-state index in [0.29, 0.717) is 25.4 Å². The van der Waals surface area contributed by atoms with E-state index < -0.39 is 17.7 Å². The van der Waals surface area contributed by atoms with Crippen LogP contribution in [-0.2, 0) is 16.1 Å². The Morgan fingerprint density at radius 2 is 1.71 bits per heavy atom. The molecule has 218 valence electrons. The Balaban J connectivity index is 0.00000253. The van der Waals surface area contributed by atoms with Gasteiger partial charge in [-0.15, -0.1) is 24.8 Å². The molecule has 2 aliphatic heterocycles. The maximum Gasteiger partial charge on any atom is 0.248 e. The van der Waals surface area contributed by atoms with E-state index in [1.165, 1.54) is 43.4 Å². The number of likely N-dealkylation sites (tertiary alicyclic amines) is 1. The lowest BCUT2D eigenvalue weighted by Crippen LogP contribution is -2.74. The molecule has 0 aromatic carbocycles. The van der Waals surface area contributed by atoms with Crippen molar-refractivity contribution in [1.29, 1.82) is 0 Å². The molecule has 3 aliphatic rings.